The van der Waals surface area contributed by atoms with Gasteiger partial charge in [-0.3, -0.25) is 0 Å². The van der Waals surface area contributed by atoms with Crippen molar-refractivity contribution >= 4 is 11.8 Å². The van der Waals surface area contributed by atoms with Gasteiger partial charge in [0.05, 0.1) is 5.41 Å². The molecular weight excluding hydrogens is 415 g/mol. The summed E-state index contributed by atoms with van der Waals surface area (Å²) in [6.07, 6.45) is 3.59. The Bertz CT molecular complexity index is 832. The zero-order chi connectivity index (χ0) is 21.9. The largest absolute Gasteiger partial charge is 0.395 e. The lowest BCUT2D eigenvalue weighted by Gasteiger charge is -2.47. The Labute approximate surface area is 188 Å². The van der Waals surface area contributed by atoms with Gasteiger partial charge in [-0.2, -0.15) is 13.2 Å². The van der Waals surface area contributed by atoms with Crippen LogP contribution in [0.4, 0.5) is 13.2 Å². The Kier molecular flexibility index (Phi) is 7.02. The molecule has 0 bridgehead atoms. The second-order valence-corrected chi connectivity index (χ2v) is 10.2. The van der Waals surface area contributed by atoms with Crippen LogP contribution in [0.5, 0.6) is 0 Å². The molecule has 0 radical (unpaired) electrons. The molecule has 2 aromatic carbocycles. The number of halogens is 3. The third-order valence-electron chi connectivity index (χ3n) is 7.36. The van der Waals surface area contributed by atoms with E-state index in [1.807, 2.05) is 0 Å². The lowest BCUT2D eigenvalue weighted by atomic mass is 9.67. The van der Waals surface area contributed by atoms with Gasteiger partial charge in [-0.15, -0.1) is 11.8 Å². The number of benzene rings is 2. The van der Waals surface area contributed by atoms with Crippen LogP contribution in [0, 0.1) is 11.3 Å². The monoisotopic (exact) mass is 447 g/mol. The van der Waals surface area contributed by atoms with Crippen molar-refractivity contribution in [2.24, 2.45) is 11.3 Å². The van der Waals surface area contributed by atoms with Gasteiger partial charge in [-0.25, -0.2) is 0 Å². The predicted molar refractivity (Wildman–Crippen MR) is 123 cm³/mol. The molecular formula is C26H32F3NS. The number of piperidine rings is 1. The number of hydrogen-bond donors (Lipinski definition) is 0. The number of aryl methyl sites for hydroxylation is 1. The number of hydrogen-bond acceptors (Lipinski definition) is 2. The fourth-order valence-corrected chi connectivity index (χ4v) is 5.42. The quantitative estimate of drug-likeness (QED) is 0.406. The highest BCUT2D eigenvalue weighted by Gasteiger charge is 2.58. The van der Waals surface area contributed by atoms with Crippen LogP contribution in [0.25, 0.3) is 11.1 Å². The Balaban J connectivity index is 1.23. The lowest BCUT2D eigenvalue weighted by molar-refractivity contribution is -0.256. The molecule has 2 aromatic rings. The summed E-state index contributed by atoms with van der Waals surface area (Å²) < 4.78 is 40.3. The van der Waals surface area contributed by atoms with Crippen molar-refractivity contribution in [3.05, 3.63) is 54.1 Å². The zero-order valence-electron chi connectivity index (χ0n) is 18.3. The van der Waals surface area contributed by atoms with Crippen LogP contribution in [0.3, 0.4) is 0 Å². The van der Waals surface area contributed by atoms with Crippen LogP contribution in [-0.2, 0) is 6.42 Å². The molecule has 1 aliphatic heterocycles. The fourth-order valence-electron chi connectivity index (χ4n) is 5.01. The van der Waals surface area contributed by atoms with Crippen LogP contribution in [0.15, 0.2) is 53.4 Å². The van der Waals surface area contributed by atoms with E-state index in [4.69, 9.17) is 0 Å². The Morgan fingerprint density at radius 2 is 1.52 bits per heavy atom. The number of rotatable bonds is 7. The molecule has 1 saturated carbocycles. The van der Waals surface area contributed by atoms with Gasteiger partial charge in [0.1, 0.15) is 0 Å². The van der Waals surface area contributed by atoms with E-state index in [1.54, 1.807) is 11.8 Å². The summed E-state index contributed by atoms with van der Waals surface area (Å²) in [6, 6.07) is 17.5. The fraction of sp³-hybridized carbons (Fsp3) is 0.538. The first kappa shape index (κ1) is 22.7. The van der Waals surface area contributed by atoms with Crippen molar-refractivity contribution in [2.75, 3.05) is 25.9 Å². The van der Waals surface area contributed by atoms with Crippen molar-refractivity contribution in [3.8, 4) is 11.1 Å². The molecule has 2 fully saturated rings. The molecule has 0 atom stereocenters. The maximum absolute atomic E-state index is 13.4. The van der Waals surface area contributed by atoms with Gasteiger partial charge in [-0.1, -0.05) is 42.8 Å². The Morgan fingerprint density at radius 1 is 0.935 bits per heavy atom. The van der Waals surface area contributed by atoms with E-state index in [0.29, 0.717) is 18.8 Å². The van der Waals surface area contributed by atoms with E-state index in [2.05, 4.69) is 59.7 Å². The van der Waals surface area contributed by atoms with Crippen LogP contribution < -0.4 is 0 Å². The van der Waals surface area contributed by atoms with E-state index in [9.17, 15) is 13.2 Å². The van der Waals surface area contributed by atoms with Crippen molar-refractivity contribution in [1.29, 1.82) is 0 Å². The average Bonchev–Trinajstić information content (AvgIpc) is 2.75. The van der Waals surface area contributed by atoms with Crippen LogP contribution in [0.2, 0.25) is 0 Å². The molecule has 0 aromatic heterocycles. The standard InChI is InChI=1S/C26H32F3NS/c1-31-24-11-9-23(10-12-24)22-7-5-20(6-8-22)3-4-21-13-17-30(18-14-21)19-25(15-2-16-25)26(27,28)29/h5-12,21H,2-4,13-19H2,1H3. The van der Waals surface area contributed by atoms with Gasteiger partial charge in [0.25, 0.3) is 0 Å². The second kappa shape index (κ2) is 9.58. The number of thioether (sulfide) groups is 1. The van der Waals surface area contributed by atoms with Crippen molar-refractivity contribution in [1.82, 2.24) is 4.90 Å². The molecule has 0 unspecified atom stereocenters. The summed E-state index contributed by atoms with van der Waals surface area (Å²) in [4.78, 5) is 3.34. The van der Waals surface area contributed by atoms with Crippen LogP contribution >= 0.6 is 11.8 Å². The SMILES string of the molecule is CSc1ccc(-c2ccc(CCC3CCN(CC4(C(F)(F)F)CCC4)CC3)cc2)cc1. The lowest BCUT2D eigenvalue weighted by Crippen LogP contribution is -2.53. The van der Waals surface area contributed by atoms with E-state index in [-0.39, 0.29) is 6.54 Å². The molecule has 1 aliphatic carbocycles. The average molecular weight is 448 g/mol. The topological polar surface area (TPSA) is 3.24 Å². The number of likely N-dealkylation sites (tertiary alicyclic amines) is 1. The predicted octanol–water partition coefficient (Wildman–Crippen LogP) is 7.45. The third kappa shape index (κ3) is 5.31. The maximum Gasteiger partial charge on any atom is 0.395 e. The molecule has 4 rings (SSSR count). The normalized spacial score (nSPS) is 19.9. The maximum atomic E-state index is 13.4. The molecule has 31 heavy (non-hydrogen) atoms. The minimum Gasteiger partial charge on any atom is -0.302 e. The minimum atomic E-state index is -4.05. The third-order valence-corrected chi connectivity index (χ3v) is 8.11. The summed E-state index contributed by atoms with van der Waals surface area (Å²) in [5.41, 5.74) is 2.40. The van der Waals surface area contributed by atoms with Crippen molar-refractivity contribution in [2.45, 2.75) is 56.0 Å². The first-order valence-corrected chi connectivity index (χ1v) is 12.6. The molecule has 1 saturated heterocycles. The minimum absolute atomic E-state index is 0.211. The molecule has 1 nitrogen and oxygen atoms in total. The highest BCUT2D eigenvalue weighted by Crippen LogP contribution is 2.53. The first-order valence-electron chi connectivity index (χ1n) is 11.4. The van der Waals surface area contributed by atoms with E-state index < -0.39 is 11.6 Å². The molecule has 168 valence electrons. The van der Waals surface area contributed by atoms with Crippen LogP contribution in [-0.4, -0.2) is 37.0 Å². The van der Waals surface area contributed by atoms with E-state index in [0.717, 1.165) is 45.2 Å². The van der Waals surface area contributed by atoms with Gasteiger partial charge in [0.2, 0.25) is 0 Å². The molecule has 2 aliphatic rings. The molecule has 5 heteroatoms. The summed E-state index contributed by atoms with van der Waals surface area (Å²) in [7, 11) is 0. The van der Waals surface area contributed by atoms with Crippen LogP contribution in [0.1, 0.15) is 44.1 Å². The van der Waals surface area contributed by atoms with Gasteiger partial charge in [-0.05, 0) is 92.6 Å². The van der Waals surface area contributed by atoms with E-state index in [1.165, 1.54) is 21.6 Å². The summed E-state index contributed by atoms with van der Waals surface area (Å²) in [5, 5.41) is 0. The van der Waals surface area contributed by atoms with Gasteiger partial charge in [0.15, 0.2) is 0 Å². The van der Waals surface area contributed by atoms with E-state index >= 15 is 0 Å². The van der Waals surface area contributed by atoms with Gasteiger partial charge in [0, 0.05) is 11.4 Å². The highest BCUT2D eigenvalue weighted by atomic mass is 32.2. The van der Waals surface area contributed by atoms with Crippen molar-refractivity contribution in [3.63, 3.8) is 0 Å². The number of nitrogens with zero attached hydrogens (tertiary/aromatic N) is 1. The Morgan fingerprint density at radius 3 is 2.00 bits per heavy atom. The second-order valence-electron chi connectivity index (χ2n) is 9.32. The van der Waals surface area contributed by atoms with Gasteiger partial charge >= 0.3 is 6.18 Å². The molecule has 0 amide bonds. The number of alkyl halides is 3. The zero-order valence-corrected chi connectivity index (χ0v) is 19.1. The highest BCUT2D eigenvalue weighted by molar-refractivity contribution is 7.98. The van der Waals surface area contributed by atoms with Crippen molar-refractivity contribution < 1.29 is 13.2 Å². The molecule has 0 N–H and O–H groups in total. The molecule has 1 heterocycles. The summed E-state index contributed by atoms with van der Waals surface area (Å²) >= 11 is 1.75. The Hall–Kier alpha value is -1.46. The summed E-state index contributed by atoms with van der Waals surface area (Å²) in [6.45, 7) is 1.84. The first-order chi connectivity index (χ1) is 14.9. The van der Waals surface area contributed by atoms with Gasteiger partial charge < -0.3 is 4.90 Å². The smallest absolute Gasteiger partial charge is 0.302 e. The molecule has 0 spiro atoms. The summed E-state index contributed by atoms with van der Waals surface area (Å²) in [5.74, 6) is 0.623.